The minimum Gasteiger partial charge on any atom is -0.465 e. The summed E-state index contributed by atoms with van der Waals surface area (Å²) >= 11 is 0. The summed E-state index contributed by atoms with van der Waals surface area (Å²) in [4.78, 5) is 13.9. The lowest BCUT2D eigenvalue weighted by atomic mass is 9.73. The molecule has 2 aliphatic heterocycles. The molecule has 0 radical (unpaired) electrons. The van der Waals surface area contributed by atoms with Crippen molar-refractivity contribution >= 4 is 5.97 Å². The lowest BCUT2D eigenvalue weighted by molar-refractivity contribution is -0.151. The van der Waals surface area contributed by atoms with Gasteiger partial charge in [-0.3, -0.25) is 4.79 Å². The molecule has 2 rings (SSSR count). The van der Waals surface area contributed by atoms with E-state index in [1.165, 1.54) is 0 Å². The van der Waals surface area contributed by atoms with Crippen molar-refractivity contribution in [3.63, 3.8) is 0 Å². The number of cyclic esters (lactones) is 1. The highest BCUT2D eigenvalue weighted by Gasteiger charge is 2.51. The van der Waals surface area contributed by atoms with Gasteiger partial charge in [0.15, 0.2) is 0 Å². The molecule has 0 saturated carbocycles. The molecule has 0 N–H and O–H groups in total. The largest absolute Gasteiger partial charge is 0.465 e. The van der Waals surface area contributed by atoms with Gasteiger partial charge < -0.3 is 9.64 Å². The molecule has 0 aromatic heterocycles. The Morgan fingerprint density at radius 1 is 1.54 bits per heavy atom. The van der Waals surface area contributed by atoms with Crippen LogP contribution in [0.2, 0.25) is 0 Å². The predicted octanol–water partition coefficient (Wildman–Crippen LogP) is 1.03. The quantitative estimate of drug-likeness (QED) is 0.525. The summed E-state index contributed by atoms with van der Waals surface area (Å²) in [6, 6.07) is 0.344. The van der Waals surface area contributed by atoms with Gasteiger partial charge in [-0.25, -0.2) is 0 Å². The number of nitrogens with zero attached hydrogens (tertiary/aromatic N) is 1. The van der Waals surface area contributed by atoms with Crippen LogP contribution in [0.1, 0.15) is 26.2 Å². The van der Waals surface area contributed by atoms with E-state index < -0.39 is 0 Å². The lowest BCUT2D eigenvalue weighted by Gasteiger charge is -2.42. The summed E-state index contributed by atoms with van der Waals surface area (Å²) in [7, 11) is 2.09. The van der Waals surface area contributed by atoms with Crippen LogP contribution in [0.25, 0.3) is 0 Å². The van der Waals surface area contributed by atoms with Gasteiger partial charge in [-0.2, -0.15) is 0 Å². The van der Waals surface area contributed by atoms with Gasteiger partial charge in [-0.15, -0.1) is 0 Å². The van der Waals surface area contributed by atoms with Gasteiger partial charge in [0, 0.05) is 6.04 Å². The molecule has 2 saturated heterocycles. The Hall–Kier alpha value is -0.570. The van der Waals surface area contributed by atoms with Crippen molar-refractivity contribution in [2.75, 3.05) is 20.2 Å². The Labute approximate surface area is 79.0 Å². The molecule has 2 aliphatic rings. The van der Waals surface area contributed by atoms with Crippen LogP contribution >= 0.6 is 0 Å². The highest BCUT2D eigenvalue weighted by atomic mass is 16.5. The van der Waals surface area contributed by atoms with Crippen molar-refractivity contribution in [1.29, 1.82) is 0 Å². The summed E-state index contributed by atoms with van der Waals surface area (Å²) in [6.07, 6.45) is 3.05. The van der Waals surface area contributed by atoms with Gasteiger partial charge in [0.05, 0.1) is 12.0 Å². The van der Waals surface area contributed by atoms with Crippen molar-refractivity contribution in [1.82, 2.24) is 4.90 Å². The number of esters is 1. The topological polar surface area (TPSA) is 29.5 Å². The van der Waals surface area contributed by atoms with Gasteiger partial charge in [0.25, 0.3) is 0 Å². The Morgan fingerprint density at radius 2 is 2.31 bits per heavy atom. The fraction of sp³-hybridized carbons (Fsp3) is 0.900. The zero-order valence-corrected chi connectivity index (χ0v) is 8.38. The summed E-state index contributed by atoms with van der Waals surface area (Å²) < 4.78 is 5.10. The number of piperidine rings is 1. The van der Waals surface area contributed by atoms with Crippen LogP contribution in [0.4, 0.5) is 0 Å². The molecule has 1 spiro atoms. The molecule has 2 atom stereocenters. The first kappa shape index (κ1) is 9.00. The number of rotatable bonds is 0. The van der Waals surface area contributed by atoms with Crippen molar-refractivity contribution in [3.8, 4) is 0 Å². The number of carbonyl (C=O) groups excluding carboxylic acids is 1. The fourth-order valence-corrected chi connectivity index (χ4v) is 2.65. The monoisotopic (exact) mass is 183 g/mol. The molecule has 0 unspecified atom stereocenters. The van der Waals surface area contributed by atoms with Crippen LogP contribution in [0, 0.1) is 5.41 Å². The Bertz CT molecular complexity index is 229. The molecular formula is C10H17NO2. The van der Waals surface area contributed by atoms with Crippen LogP contribution in [0.3, 0.4) is 0 Å². The van der Waals surface area contributed by atoms with Crippen molar-refractivity contribution in [2.45, 2.75) is 32.2 Å². The van der Waals surface area contributed by atoms with E-state index in [9.17, 15) is 4.79 Å². The summed E-state index contributed by atoms with van der Waals surface area (Å²) in [5, 5.41) is 0. The van der Waals surface area contributed by atoms with Crippen molar-refractivity contribution < 1.29 is 9.53 Å². The number of carbonyl (C=O) groups is 1. The normalized spacial score (nSPS) is 41.1. The first-order valence-electron chi connectivity index (χ1n) is 5.04. The maximum atomic E-state index is 11.7. The molecule has 3 nitrogen and oxygen atoms in total. The van der Waals surface area contributed by atoms with Crippen molar-refractivity contribution in [3.05, 3.63) is 0 Å². The van der Waals surface area contributed by atoms with Gasteiger partial charge in [-0.05, 0) is 39.8 Å². The first-order chi connectivity index (χ1) is 6.17. The van der Waals surface area contributed by atoms with Crippen LogP contribution in [0.5, 0.6) is 0 Å². The SMILES string of the molecule is C[C@H]1N(C)CCC[C@@]12CCOC2=O. The van der Waals surface area contributed by atoms with E-state index in [0.717, 1.165) is 25.8 Å². The van der Waals surface area contributed by atoms with E-state index in [2.05, 4.69) is 18.9 Å². The van der Waals surface area contributed by atoms with Gasteiger partial charge in [-0.1, -0.05) is 0 Å². The molecule has 0 aliphatic carbocycles. The molecule has 0 aromatic carbocycles. The zero-order chi connectivity index (χ0) is 9.47. The number of likely N-dealkylation sites (tertiary alicyclic amines) is 1. The van der Waals surface area contributed by atoms with E-state index in [0.29, 0.717) is 12.6 Å². The number of hydrogen-bond donors (Lipinski definition) is 0. The number of hydrogen-bond acceptors (Lipinski definition) is 3. The fourth-order valence-electron chi connectivity index (χ4n) is 2.65. The summed E-state index contributed by atoms with van der Waals surface area (Å²) in [5.74, 6) is 0.0338. The second-order valence-corrected chi connectivity index (χ2v) is 4.30. The highest BCUT2D eigenvalue weighted by molar-refractivity contribution is 5.79. The maximum absolute atomic E-state index is 11.7. The van der Waals surface area contributed by atoms with Crippen LogP contribution in [0.15, 0.2) is 0 Å². The standard InChI is InChI=1S/C10H17NO2/c1-8-10(4-3-6-11(8)2)5-7-13-9(10)12/h8H,3-7H2,1-2H3/t8-,10-/m1/s1. The summed E-state index contributed by atoms with van der Waals surface area (Å²) in [5.41, 5.74) is -0.174. The van der Waals surface area contributed by atoms with Crippen LogP contribution < -0.4 is 0 Å². The average molecular weight is 183 g/mol. The predicted molar refractivity (Wildman–Crippen MR) is 49.3 cm³/mol. The second kappa shape index (κ2) is 2.98. The molecule has 13 heavy (non-hydrogen) atoms. The van der Waals surface area contributed by atoms with E-state index >= 15 is 0 Å². The molecule has 3 heteroatoms. The second-order valence-electron chi connectivity index (χ2n) is 4.30. The van der Waals surface area contributed by atoms with E-state index in [1.807, 2.05) is 0 Å². The zero-order valence-electron chi connectivity index (χ0n) is 8.38. The average Bonchev–Trinajstić information content (AvgIpc) is 2.45. The summed E-state index contributed by atoms with van der Waals surface area (Å²) in [6.45, 7) is 3.87. The molecule has 0 amide bonds. The van der Waals surface area contributed by atoms with Crippen molar-refractivity contribution in [2.24, 2.45) is 5.41 Å². The molecule has 0 aromatic rings. The molecule has 2 heterocycles. The third kappa shape index (κ3) is 1.17. The van der Waals surface area contributed by atoms with E-state index in [4.69, 9.17) is 4.74 Å². The van der Waals surface area contributed by atoms with Gasteiger partial charge in [0.2, 0.25) is 0 Å². The lowest BCUT2D eigenvalue weighted by Crippen LogP contribution is -2.51. The minimum atomic E-state index is -0.174. The third-order valence-corrected chi connectivity index (χ3v) is 3.78. The van der Waals surface area contributed by atoms with Gasteiger partial charge >= 0.3 is 5.97 Å². The Kier molecular flexibility index (Phi) is 2.06. The molecule has 0 bridgehead atoms. The molecule has 74 valence electrons. The van der Waals surface area contributed by atoms with E-state index in [-0.39, 0.29) is 11.4 Å². The Morgan fingerprint density at radius 3 is 2.92 bits per heavy atom. The van der Waals surface area contributed by atoms with Gasteiger partial charge in [0.1, 0.15) is 0 Å². The maximum Gasteiger partial charge on any atom is 0.313 e. The van der Waals surface area contributed by atoms with E-state index in [1.54, 1.807) is 0 Å². The first-order valence-corrected chi connectivity index (χ1v) is 5.04. The molecular weight excluding hydrogens is 166 g/mol. The molecule has 2 fully saturated rings. The Balaban J connectivity index is 2.24. The van der Waals surface area contributed by atoms with Crippen LogP contribution in [-0.4, -0.2) is 37.1 Å². The highest BCUT2D eigenvalue weighted by Crippen LogP contribution is 2.42. The third-order valence-electron chi connectivity index (χ3n) is 3.78. The number of ether oxygens (including phenoxy) is 1. The smallest absolute Gasteiger partial charge is 0.313 e. The minimum absolute atomic E-state index is 0.0338. The van der Waals surface area contributed by atoms with Crippen LogP contribution in [-0.2, 0) is 9.53 Å².